The van der Waals surface area contributed by atoms with Crippen molar-refractivity contribution in [3.63, 3.8) is 0 Å². The molecule has 2 bridgehead atoms. The number of aryl methyl sites for hydroxylation is 1. The van der Waals surface area contributed by atoms with Crippen molar-refractivity contribution in [1.29, 1.82) is 0 Å². The lowest BCUT2D eigenvalue weighted by atomic mass is 9.63. The minimum Gasteiger partial charge on any atom is -0.289 e. The van der Waals surface area contributed by atoms with E-state index in [1.807, 2.05) is 19.1 Å². The van der Waals surface area contributed by atoms with E-state index in [1.165, 1.54) is 34.1 Å². The Labute approximate surface area is 196 Å². The SMILES string of the molecule is Cc1ccccc1N(CN1C(=O)C2C3C=CC(C4CC34)C2C1=O)C(=O)c1cccc([N+](=O)[O-])c1. The average molecular weight is 457 g/mol. The Morgan fingerprint density at radius 3 is 2.29 bits per heavy atom. The van der Waals surface area contributed by atoms with Crippen LogP contribution in [-0.2, 0) is 9.59 Å². The fraction of sp³-hybridized carbons (Fsp3) is 0.346. The molecule has 3 amide bonds. The molecular weight excluding hydrogens is 434 g/mol. The van der Waals surface area contributed by atoms with Gasteiger partial charge in [0.05, 0.1) is 16.8 Å². The number of non-ortho nitro benzene ring substituents is 1. The molecule has 1 heterocycles. The molecule has 0 spiro atoms. The van der Waals surface area contributed by atoms with Crippen LogP contribution in [0.15, 0.2) is 60.7 Å². The average Bonchev–Trinajstić information content (AvgIpc) is 3.63. The molecule has 172 valence electrons. The second-order valence-electron chi connectivity index (χ2n) is 9.73. The summed E-state index contributed by atoms with van der Waals surface area (Å²) in [6.45, 7) is 1.62. The summed E-state index contributed by atoms with van der Waals surface area (Å²) in [5.74, 6) is -0.455. The highest BCUT2D eigenvalue weighted by Gasteiger charge is 2.67. The van der Waals surface area contributed by atoms with Crippen molar-refractivity contribution < 1.29 is 19.3 Å². The molecule has 8 nitrogen and oxygen atoms in total. The molecule has 1 aliphatic heterocycles. The molecule has 6 atom stereocenters. The molecule has 2 saturated carbocycles. The molecule has 0 aromatic heterocycles. The van der Waals surface area contributed by atoms with Gasteiger partial charge in [-0.3, -0.25) is 34.3 Å². The summed E-state index contributed by atoms with van der Waals surface area (Å²) in [6.07, 6.45) is 5.31. The largest absolute Gasteiger partial charge is 0.289 e. The summed E-state index contributed by atoms with van der Waals surface area (Å²) >= 11 is 0. The van der Waals surface area contributed by atoms with E-state index in [0.29, 0.717) is 17.5 Å². The first-order valence-corrected chi connectivity index (χ1v) is 11.5. The summed E-state index contributed by atoms with van der Waals surface area (Å²) in [4.78, 5) is 54.0. The first-order chi connectivity index (χ1) is 16.4. The number of nitrogens with zero attached hydrogens (tertiary/aromatic N) is 3. The number of nitro benzene ring substituents is 1. The zero-order valence-corrected chi connectivity index (χ0v) is 18.5. The highest BCUT2D eigenvalue weighted by molar-refractivity contribution is 6.10. The summed E-state index contributed by atoms with van der Waals surface area (Å²) in [5, 5.41) is 11.3. The van der Waals surface area contributed by atoms with Gasteiger partial charge in [-0.15, -0.1) is 0 Å². The number of anilines is 1. The number of rotatable bonds is 5. The quantitative estimate of drug-likeness (QED) is 0.296. The van der Waals surface area contributed by atoms with Crippen LogP contribution in [0, 0.1) is 52.5 Å². The van der Waals surface area contributed by atoms with Gasteiger partial charge >= 0.3 is 0 Å². The van der Waals surface area contributed by atoms with E-state index in [0.717, 1.165) is 12.0 Å². The number of carbonyl (C=O) groups excluding carboxylic acids is 3. The van der Waals surface area contributed by atoms with Crippen molar-refractivity contribution >= 4 is 29.1 Å². The molecule has 4 aliphatic carbocycles. The molecule has 8 heteroatoms. The predicted molar refractivity (Wildman–Crippen MR) is 123 cm³/mol. The standard InChI is InChI=1S/C26H23N3O5/c1-14-5-2-3-8-21(14)27(24(30)15-6-4-7-16(11-15)29(33)34)13-28-25(31)22-17-9-10-18(20-12-19(17)20)23(22)26(28)32/h2-11,17-20,22-23H,12-13H2,1H3. The Morgan fingerprint density at radius 1 is 1.03 bits per heavy atom. The molecule has 5 aliphatic rings. The fourth-order valence-electron chi connectivity index (χ4n) is 6.32. The minimum absolute atomic E-state index is 0.0980. The summed E-state index contributed by atoms with van der Waals surface area (Å²) < 4.78 is 0. The minimum atomic E-state index is -0.554. The van der Waals surface area contributed by atoms with E-state index >= 15 is 0 Å². The van der Waals surface area contributed by atoms with Crippen molar-refractivity contribution in [3.05, 3.63) is 81.9 Å². The van der Waals surface area contributed by atoms with Gasteiger partial charge in [0.15, 0.2) is 0 Å². The normalized spacial score (nSPS) is 30.2. The van der Waals surface area contributed by atoms with Crippen molar-refractivity contribution in [2.75, 3.05) is 11.6 Å². The maximum absolute atomic E-state index is 13.6. The third-order valence-electron chi connectivity index (χ3n) is 7.99. The highest BCUT2D eigenvalue weighted by Crippen LogP contribution is 2.65. The van der Waals surface area contributed by atoms with Crippen LogP contribution < -0.4 is 4.90 Å². The Kier molecular flexibility index (Phi) is 4.49. The van der Waals surface area contributed by atoms with Crippen LogP contribution in [0.5, 0.6) is 0 Å². The number of imide groups is 1. The number of likely N-dealkylation sites (tertiary alicyclic amines) is 1. The smallest absolute Gasteiger partial charge is 0.270 e. The van der Waals surface area contributed by atoms with Crippen molar-refractivity contribution in [2.45, 2.75) is 13.3 Å². The highest BCUT2D eigenvalue weighted by atomic mass is 16.6. The van der Waals surface area contributed by atoms with Crippen molar-refractivity contribution in [3.8, 4) is 0 Å². The van der Waals surface area contributed by atoms with Gasteiger partial charge in [-0.05, 0) is 54.7 Å². The monoisotopic (exact) mass is 457 g/mol. The van der Waals surface area contributed by atoms with Gasteiger partial charge in [0.25, 0.3) is 11.6 Å². The third kappa shape index (κ3) is 2.94. The molecule has 7 rings (SSSR count). The molecule has 0 radical (unpaired) electrons. The number of carbonyl (C=O) groups is 3. The van der Waals surface area contributed by atoms with E-state index in [2.05, 4.69) is 12.2 Å². The Bertz CT molecular complexity index is 1250. The molecule has 1 saturated heterocycles. The maximum Gasteiger partial charge on any atom is 0.270 e. The number of benzene rings is 2. The predicted octanol–water partition coefficient (Wildman–Crippen LogP) is 3.56. The number of allylic oxidation sites excluding steroid dienone is 2. The zero-order valence-electron chi connectivity index (χ0n) is 18.5. The number of amides is 3. The van der Waals surface area contributed by atoms with Crippen LogP contribution in [0.3, 0.4) is 0 Å². The maximum atomic E-state index is 13.6. The lowest BCUT2D eigenvalue weighted by Gasteiger charge is -2.37. The lowest BCUT2D eigenvalue weighted by Crippen LogP contribution is -2.45. The van der Waals surface area contributed by atoms with Crippen molar-refractivity contribution in [1.82, 2.24) is 4.90 Å². The van der Waals surface area contributed by atoms with Gasteiger partial charge < -0.3 is 0 Å². The first-order valence-electron chi connectivity index (χ1n) is 11.5. The fourth-order valence-corrected chi connectivity index (χ4v) is 6.32. The molecule has 2 aromatic carbocycles. The Hall–Kier alpha value is -3.81. The van der Waals surface area contributed by atoms with E-state index in [9.17, 15) is 24.5 Å². The van der Waals surface area contributed by atoms with Gasteiger partial charge in [-0.2, -0.15) is 0 Å². The van der Waals surface area contributed by atoms with Gasteiger partial charge in [0.1, 0.15) is 6.67 Å². The molecule has 34 heavy (non-hydrogen) atoms. The Morgan fingerprint density at radius 2 is 1.68 bits per heavy atom. The lowest BCUT2D eigenvalue weighted by molar-refractivity contribution is -0.384. The molecule has 3 fully saturated rings. The third-order valence-corrected chi connectivity index (χ3v) is 7.99. The van der Waals surface area contributed by atoms with Crippen LogP contribution in [0.2, 0.25) is 0 Å². The van der Waals surface area contributed by atoms with Crippen molar-refractivity contribution in [2.24, 2.45) is 35.5 Å². The summed E-state index contributed by atoms with van der Waals surface area (Å²) in [6, 6.07) is 12.7. The van der Waals surface area contributed by atoms with Crippen LogP contribution in [0.25, 0.3) is 0 Å². The first kappa shape index (κ1) is 20.8. The van der Waals surface area contributed by atoms with E-state index in [4.69, 9.17) is 0 Å². The summed E-state index contributed by atoms with van der Waals surface area (Å²) in [7, 11) is 0. The van der Waals surface area contributed by atoms with E-state index in [1.54, 1.807) is 12.1 Å². The molecule has 2 aromatic rings. The van der Waals surface area contributed by atoms with Gasteiger partial charge in [0, 0.05) is 23.4 Å². The second kappa shape index (κ2) is 7.35. The van der Waals surface area contributed by atoms with Gasteiger partial charge in [-0.1, -0.05) is 36.4 Å². The van der Waals surface area contributed by atoms with Gasteiger partial charge in [-0.25, -0.2) is 0 Å². The topological polar surface area (TPSA) is 101 Å². The summed E-state index contributed by atoms with van der Waals surface area (Å²) in [5.41, 5.74) is 1.27. The molecule has 0 N–H and O–H groups in total. The Balaban J connectivity index is 1.36. The van der Waals surface area contributed by atoms with Crippen LogP contribution in [-0.4, -0.2) is 34.2 Å². The van der Waals surface area contributed by atoms with Crippen LogP contribution >= 0.6 is 0 Å². The zero-order chi connectivity index (χ0) is 23.7. The van der Waals surface area contributed by atoms with Crippen LogP contribution in [0.1, 0.15) is 22.3 Å². The number of para-hydroxylation sites is 1. The molecule has 6 unspecified atom stereocenters. The van der Waals surface area contributed by atoms with Crippen LogP contribution in [0.4, 0.5) is 11.4 Å². The van der Waals surface area contributed by atoms with Gasteiger partial charge in [0.2, 0.25) is 11.8 Å². The molecular formula is C26H23N3O5. The number of hydrogen-bond donors (Lipinski definition) is 0. The second-order valence-corrected chi connectivity index (χ2v) is 9.73. The van der Waals surface area contributed by atoms with E-state index in [-0.39, 0.29) is 53.4 Å². The van der Waals surface area contributed by atoms with E-state index < -0.39 is 10.8 Å². The number of hydrogen-bond acceptors (Lipinski definition) is 5. The number of nitro groups is 1.